The number of benzene rings is 2. The largest absolute Gasteiger partial charge is 0.603 e. The summed E-state index contributed by atoms with van der Waals surface area (Å²) >= 11 is 0. The molecule has 1 heterocycles. The summed E-state index contributed by atoms with van der Waals surface area (Å²) < 4.78 is 5.65. The smallest absolute Gasteiger partial charge is 0.335 e. The first kappa shape index (κ1) is 17.4. The van der Waals surface area contributed by atoms with Crippen molar-refractivity contribution >= 4 is 17.3 Å². The molecule has 0 spiro atoms. The monoisotopic (exact) mass is 351 g/mol. The second-order valence-corrected chi connectivity index (χ2v) is 5.51. The molecule has 0 fully saturated rings. The molecule has 0 aliphatic rings. The number of quaternary nitrogens is 1. The van der Waals surface area contributed by atoms with Crippen LogP contribution in [-0.4, -0.2) is 16.1 Å². The lowest BCUT2D eigenvalue weighted by Gasteiger charge is -2.22. The molecule has 7 heteroatoms. The first-order valence-electron chi connectivity index (χ1n) is 7.88. The van der Waals surface area contributed by atoms with Crippen LogP contribution >= 0.6 is 0 Å². The fraction of sp³-hybridized carbons (Fsp3) is 0.0526. The normalized spacial score (nSPS) is 11.6. The molecule has 0 aliphatic heterocycles. The second-order valence-electron chi connectivity index (χ2n) is 5.51. The van der Waals surface area contributed by atoms with Gasteiger partial charge < -0.3 is 15.1 Å². The summed E-state index contributed by atoms with van der Waals surface area (Å²) in [6, 6.07) is 16.5. The van der Waals surface area contributed by atoms with Crippen molar-refractivity contribution in [2.24, 2.45) is 0 Å². The average Bonchev–Trinajstić information content (AvgIpc) is 2.68. The van der Waals surface area contributed by atoms with Gasteiger partial charge in [-0.15, -0.1) is 0 Å². The SMILES string of the molecule is O=C(O)c1ccc(N[NH+]([O-])c2ccc(OCc3cccnc3)cc2)cc1. The minimum Gasteiger partial charge on any atom is -0.603 e. The van der Waals surface area contributed by atoms with Crippen molar-refractivity contribution < 1.29 is 19.8 Å². The lowest BCUT2D eigenvalue weighted by Crippen LogP contribution is -3.05. The van der Waals surface area contributed by atoms with Gasteiger partial charge in [0.1, 0.15) is 12.4 Å². The van der Waals surface area contributed by atoms with E-state index in [-0.39, 0.29) is 10.7 Å². The van der Waals surface area contributed by atoms with E-state index in [0.29, 0.717) is 23.7 Å². The van der Waals surface area contributed by atoms with Gasteiger partial charge in [0.25, 0.3) is 0 Å². The maximum absolute atomic E-state index is 12.2. The van der Waals surface area contributed by atoms with Crippen molar-refractivity contribution in [1.29, 1.82) is 0 Å². The van der Waals surface area contributed by atoms with Crippen molar-refractivity contribution in [2.45, 2.75) is 6.61 Å². The molecule has 132 valence electrons. The molecule has 0 radical (unpaired) electrons. The van der Waals surface area contributed by atoms with Gasteiger partial charge in [-0.25, -0.2) is 15.4 Å². The Labute approximate surface area is 150 Å². The van der Waals surface area contributed by atoms with Crippen molar-refractivity contribution in [1.82, 2.24) is 4.98 Å². The van der Waals surface area contributed by atoms with Crippen molar-refractivity contribution in [3.05, 3.63) is 89.4 Å². The van der Waals surface area contributed by atoms with Crippen LogP contribution in [0.2, 0.25) is 0 Å². The quantitative estimate of drug-likeness (QED) is 0.565. The van der Waals surface area contributed by atoms with Crippen LogP contribution in [0.15, 0.2) is 73.1 Å². The number of carboxylic acids is 1. The Hall–Kier alpha value is -3.42. The van der Waals surface area contributed by atoms with E-state index in [9.17, 15) is 10.0 Å². The number of hydrogen-bond acceptors (Lipinski definition) is 5. The molecule has 0 saturated heterocycles. The Balaban J connectivity index is 1.57. The summed E-state index contributed by atoms with van der Waals surface area (Å²) in [5.74, 6) is -0.360. The number of nitrogens with one attached hydrogen (secondary N) is 2. The van der Waals surface area contributed by atoms with E-state index in [0.717, 1.165) is 5.56 Å². The number of hydrogen-bond donors (Lipinski definition) is 3. The molecule has 1 aromatic heterocycles. The highest BCUT2D eigenvalue weighted by atomic mass is 16.5. The third-order valence-electron chi connectivity index (χ3n) is 3.63. The molecule has 0 saturated carbocycles. The number of anilines is 1. The maximum atomic E-state index is 12.2. The molecule has 3 N–H and O–H groups in total. The van der Waals surface area contributed by atoms with Crippen molar-refractivity contribution in [3.63, 3.8) is 0 Å². The molecule has 26 heavy (non-hydrogen) atoms. The second kappa shape index (κ2) is 8.11. The highest BCUT2D eigenvalue weighted by molar-refractivity contribution is 5.87. The molecule has 3 aromatic rings. The fourth-order valence-electron chi connectivity index (χ4n) is 2.25. The topological polar surface area (TPSA) is 99.0 Å². The van der Waals surface area contributed by atoms with Crippen LogP contribution in [0.5, 0.6) is 5.75 Å². The number of rotatable bonds is 7. The molecule has 0 aliphatic carbocycles. The standard InChI is InChI=1S/C19H17N3O4/c23-19(24)15-3-5-16(6-4-15)21-22(25)17-7-9-18(10-8-17)26-13-14-2-1-11-20-12-14/h1-12,21-22H,13H2,(H,23,24). The van der Waals surface area contributed by atoms with E-state index in [1.807, 2.05) is 12.1 Å². The third kappa shape index (κ3) is 4.56. The number of carbonyl (C=O) groups is 1. The number of carboxylic acid groups (broad SMARTS) is 1. The molecular weight excluding hydrogens is 334 g/mol. The van der Waals surface area contributed by atoms with E-state index in [1.165, 1.54) is 12.1 Å². The van der Waals surface area contributed by atoms with Crippen LogP contribution in [0.4, 0.5) is 11.4 Å². The Morgan fingerprint density at radius 3 is 2.46 bits per heavy atom. The predicted molar refractivity (Wildman–Crippen MR) is 96.0 cm³/mol. The zero-order chi connectivity index (χ0) is 18.4. The Morgan fingerprint density at radius 1 is 1.12 bits per heavy atom. The first-order chi connectivity index (χ1) is 12.6. The molecule has 0 amide bonds. The van der Waals surface area contributed by atoms with E-state index >= 15 is 0 Å². The number of ether oxygens (including phenoxy) is 1. The van der Waals surface area contributed by atoms with Crippen molar-refractivity contribution in [3.8, 4) is 5.75 Å². The summed E-state index contributed by atoms with van der Waals surface area (Å²) in [7, 11) is 0. The van der Waals surface area contributed by atoms with E-state index < -0.39 is 5.97 Å². The van der Waals surface area contributed by atoms with E-state index in [4.69, 9.17) is 9.84 Å². The van der Waals surface area contributed by atoms with Gasteiger partial charge in [-0.2, -0.15) is 0 Å². The minimum absolute atomic E-state index is 0.165. The Morgan fingerprint density at radius 2 is 1.85 bits per heavy atom. The number of aromatic nitrogens is 1. The molecule has 3 rings (SSSR count). The van der Waals surface area contributed by atoms with Gasteiger partial charge in [0, 0.05) is 30.1 Å². The van der Waals surface area contributed by atoms with Gasteiger partial charge in [-0.1, -0.05) is 6.07 Å². The maximum Gasteiger partial charge on any atom is 0.335 e. The van der Waals surface area contributed by atoms with Crippen LogP contribution in [0, 0.1) is 5.21 Å². The van der Waals surface area contributed by atoms with E-state index in [1.54, 1.807) is 48.8 Å². The van der Waals surface area contributed by atoms with Gasteiger partial charge in [-0.05, 0) is 42.5 Å². The molecule has 0 bridgehead atoms. The highest BCUT2D eigenvalue weighted by Crippen LogP contribution is 2.15. The van der Waals surface area contributed by atoms with Crippen LogP contribution in [0.25, 0.3) is 0 Å². The van der Waals surface area contributed by atoms with Gasteiger partial charge in [-0.3, -0.25) is 4.98 Å². The average molecular weight is 351 g/mol. The Bertz CT molecular complexity index is 852. The number of pyridine rings is 1. The van der Waals surface area contributed by atoms with Gasteiger partial charge >= 0.3 is 5.97 Å². The van der Waals surface area contributed by atoms with Crippen LogP contribution in [-0.2, 0) is 6.61 Å². The number of nitrogens with zero attached hydrogens (tertiary/aromatic N) is 1. The molecule has 7 nitrogen and oxygen atoms in total. The summed E-state index contributed by atoms with van der Waals surface area (Å²) in [6.07, 6.45) is 3.43. The van der Waals surface area contributed by atoms with Crippen LogP contribution in [0.3, 0.4) is 0 Å². The predicted octanol–water partition coefficient (Wildman–Crippen LogP) is 2.40. The zero-order valence-electron chi connectivity index (χ0n) is 13.8. The molecular formula is C19H17N3O4. The molecule has 1 atom stereocenters. The van der Waals surface area contributed by atoms with Gasteiger partial charge in [0.05, 0.1) is 11.3 Å². The minimum atomic E-state index is -1.01. The first-order valence-corrected chi connectivity index (χ1v) is 7.88. The lowest BCUT2D eigenvalue weighted by atomic mass is 10.2. The van der Waals surface area contributed by atoms with Crippen molar-refractivity contribution in [2.75, 3.05) is 5.43 Å². The van der Waals surface area contributed by atoms with E-state index in [2.05, 4.69) is 10.4 Å². The zero-order valence-corrected chi connectivity index (χ0v) is 13.8. The molecule has 1 unspecified atom stereocenters. The Kier molecular flexibility index (Phi) is 5.43. The fourth-order valence-corrected chi connectivity index (χ4v) is 2.25. The van der Waals surface area contributed by atoms with Crippen LogP contribution in [0.1, 0.15) is 15.9 Å². The number of aromatic carboxylic acids is 1. The van der Waals surface area contributed by atoms with Crippen LogP contribution < -0.4 is 15.3 Å². The summed E-state index contributed by atoms with van der Waals surface area (Å²) in [4.78, 5) is 14.9. The molecule has 2 aromatic carbocycles. The summed E-state index contributed by atoms with van der Waals surface area (Å²) in [5, 5.41) is 20.8. The highest BCUT2D eigenvalue weighted by Gasteiger charge is 2.06. The summed E-state index contributed by atoms with van der Waals surface area (Å²) in [6.45, 7) is 0.398. The van der Waals surface area contributed by atoms with Gasteiger partial charge in [0.2, 0.25) is 0 Å². The van der Waals surface area contributed by atoms with Gasteiger partial charge in [0.15, 0.2) is 5.69 Å². The summed E-state index contributed by atoms with van der Waals surface area (Å²) in [5.41, 5.74) is 4.84. The third-order valence-corrected chi connectivity index (χ3v) is 3.63. The lowest BCUT2D eigenvalue weighted by molar-refractivity contribution is -0.749.